The van der Waals surface area contributed by atoms with Crippen molar-refractivity contribution in [2.45, 2.75) is 101 Å². The number of likely N-dealkylation sites (tertiary alicyclic amines) is 1. The lowest BCUT2D eigenvalue weighted by molar-refractivity contribution is -0.384. The van der Waals surface area contributed by atoms with Crippen LogP contribution in [0.1, 0.15) is 105 Å². The molecule has 3 N–H and O–H groups in total. The highest BCUT2D eigenvalue weighted by Gasteiger charge is 2.50. The largest absolute Gasteiger partial charge is 0.474 e. The Morgan fingerprint density at radius 2 is 1.85 bits per heavy atom. The van der Waals surface area contributed by atoms with Gasteiger partial charge in [0.2, 0.25) is 5.88 Å². The van der Waals surface area contributed by atoms with Crippen molar-refractivity contribution in [1.82, 2.24) is 24.6 Å². The van der Waals surface area contributed by atoms with Crippen molar-refractivity contribution in [3.8, 4) is 17.4 Å². The quantitative estimate of drug-likeness (QED) is 0.0798. The zero-order valence-electron chi connectivity index (χ0n) is 36.8. The number of anilines is 2. The number of ether oxygens (including phenoxy) is 3. The first-order valence-corrected chi connectivity index (χ1v) is 24.5. The van der Waals surface area contributed by atoms with Gasteiger partial charge in [0.15, 0.2) is 10.7 Å². The summed E-state index contributed by atoms with van der Waals surface area (Å²) in [4.78, 5) is 42.4. The van der Waals surface area contributed by atoms with Gasteiger partial charge in [-0.05, 0) is 117 Å². The van der Waals surface area contributed by atoms with Crippen LogP contribution in [-0.2, 0) is 14.8 Å². The van der Waals surface area contributed by atoms with E-state index < -0.39 is 31.6 Å². The molecule has 16 nitrogen and oxygen atoms in total. The molecule has 2 atom stereocenters. The molecular formula is C48H56N8O8S. The van der Waals surface area contributed by atoms with Crippen molar-refractivity contribution < 1.29 is 32.3 Å². The number of sulfonamides is 1. The topological polar surface area (TPSA) is 194 Å². The number of nitrogens with one attached hydrogen (secondary N) is 3. The Morgan fingerprint density at radius 1 is 1.05 bits per heavy atom. The molecular weight excluding hydrogens is 849 g/mol. The van der Waals surface area contributed by atoms with Crippen LogP contribution in [0.2, 0.25) is 0 Å². The van der Waals surface area contributed by atoms with Gasteiger partial charge in [-0.3, -0.25) is 19.8 Å². The number of fused-ring (bicyclic) bond motifs is 2. The number of aromatic nitrogens is 3. The van der Waals surface area contributed by atoms with Gasteiger partial charge in [-0.1, -0.05) is 38.1 Å². The lowest BCUT2D eigenvalue weighted by atomic mass is 9.59. The number of hydrogen-bond donors (Lipinski definition) is 3. The second kappa shape index (κ2) is 17.5. The molecule has 5 aromatic rings. The van der Waals surface area contributed by atoms with Crippen molar-refractivity contribution in [3.63, 3.8) is 0 Å². The van der Waals surface area contributed by atoms with E-state index in [0.717, 1.165) is 62.5 Å². The Balaban J connectivity index is 0.853. The molecule has 10 rings (SSSR count). The van der Waals surface area contributed by atoms with E-state index in [9.17, 15) is 23.3 Å². The van der Waals surface area contributed by atoms with Gasteiger partial charge in [0.25, 0.3) is 15.9 Å². The van der Waals surface area contributed by atoms with Crippen molar-refractivity contribution in [1.29, 1.82) is 0 Å². The zero-order valence-corrected chi connectivity index (χ0v) is 37.6. The first-order chi connectivity index (χ1) is 31.4. The number of nitrogens with zero attached hydrogens (tertiary/aromatic N) is 5. The molecule has 1 saturated carbocycles. The van der Waals surface area contributed by atoms with Crippen LogP contribution in [0.5, 0.6) is 17.4 Å². The highest BCUT2D eigenvalue weighted by Crippen LogP contribution is 2.54. The van der Waals surface area contributed by atoms with Crippen LogP contribution in [-0.4, -0.2) is 90.6 Å². The van der Waals surface area contributed by atoms with Crippen LogP contribution in [0.4, 0.5) is 17.1 Å². The third-order valence-corrected chi connectivity index (χ3v) is 15.7. The van der Waals surface area contributed by atoms with E-state index in [0.29, 0.717) is 60.4 Å². The summed E-state index contributed by atoms with van der Waals surface area (Å²) >= 11 is 0. The summed E-state index contributed by atoms with van der Waals surface area (Å²) in [6.07, 6.45) is 12.7. The van der Waals surface area contributed by atoms with Gasteiger partial charge in [-0.25, -0.2) is 9.71 Å². The molecule has 3 aromatic heterocycles. The fourth-order valence-electron chi connectivity index (χ4n) is 11.0. The second-order valence-corrected chi connectivity index (χ2v) is 20.5. The van der Waals surface area contributed by atoms with E-state index in [2.05, 4.69) is 72.9 Å². The number of carbonyl (C=O) groups excluding carboxylic acids is 1. The Kier molecular flexibility index (Phi) is 11.6. The number of hydrogen-bond acceptors (Lipinski definition) is 13. The van der Waals surface area contributed by atoms with E-state index in [1.165, 1.54) is 43.0 Å². The molecule has 0 bridgehead atoms. The van der Waals surface area contributed by atoms with Gasteiger partial charge in [-0.2, -0.15) is 13.4 Å². The lowest BCUT2D eigenvalue weighted by Crippen LogP contribution is -2.54. The Hall–Kier alpha value is -5.78. The number of amides is 1. The van der Waals surface area contributed by atoms with Gasteiger partial charge in [0, 0.05) is 61.7 Å². The minimum Gasteiger partial charge on any atom is -0.474 e. The monoisotopic (exact) mass is 904 g/mol. The average Bonchev–Trinajstić information content (AvgIpc) is 3.98. The number of rotatable bonds is 12. The molecule has 4 fully saturated rings. The number of pyridine rings is 2. The minimum atomic E-state index is -4.74. The predicted molar refractivity (Wildman–Crippen MR) is 245 cm³/mol. The fraction of sp³-hybridized carbons (Fsp3) is 0.479. The molecule has 5 aliphatic rings. The second-order valence-electron chi connectivity index (χ2n) is 18.9. The van der Waals surface area contributed by atoms with E-state index in [-0.39, 0.29) is 35.5 Å². The molecule has 65 heavy (non-hydrogen) atoms. The molecule has 4 aliphatic heterocycles. The molecule has 3 saturated heterocycles. The number of carbonyl (C=O) groups is 1. The van der Waals surface area contributed by atoms with Crippen molar-refractivity contribution in [2.24, 2.45) is 11.3 Å². The highest BCUT2D eigenvalue weighted by atomic mass is 32.2. The van der Waals surface area contributed by atoms with Gasteiger partial charge < -0.3 is 29.4 Å². The third kappa shape index (κ3) is 8.73. The van der Waals surface area contributed by atoms with E-state index in [1.54, 1.807) is 24.4 Å². The molecule has 17 heteroatoms. The summed E-state index contributed by atoms with van der Waals surface area (Å²) in [5.74, 6) is 0.130. The molecule has 1 amide bonds. The molecule has 0 radical (unpaired) electrons. The zero-order chi connectivity index (χ0) is 44.9. The van der Waals surface area contributed by atoms with Crippen molar-refractivity contribution >= 4 is 44.0 Å². The smallest absolute Gasteiger partial charge is 0.300 e. The van der Waals surface area contributed by atoms with Crippen molar-refractivity contribution in [3.05, 3.63) is 99.9 Å². The molecule has 2 aromatic carbocycles. The summed E-state index contributed by atoms with van der Waals surface area (Å²) in [7, 11) is -4.74. The standard InChI is InChI=1S/C48H56N8O8S/c1-30(2)37-6-3-4-7-38(37)40-8-5-17-55(40)35-26-48(27-35)14-18-54(19-15-48)34-9-10-39(42(24-34)64-36-23-32-11-16-49-45(32)50-28-36)46(57)53-65(60,61)43-25-41(56(58)59)44-47(52-43)63-29-33(51-44)22-31-12-20-62-21-13-31/h3-4,6-7,9-11,16,23-25,28,30-31,33,35,40,51H,5,8,12-15,17-22,26-27,29H2,1-2H3,(H,49,50)(H,53,57)/t33-,40+/m0/s1. The van der Waals surface area contributed by atoms with Crippen LogP contribution in [0.25, 0.3) is 11.0 Å². The molecule has 7 heterocycles. The highest BCUT2D eigenvalue weighted by molar-refractivity contribution is 7.90. The lowest BCUT2D eigenvalue weighted by Gasteiger charge is -2.56. The molecule has 342 valence electrons. The van der Waals surface area contributed by atoms with Gasteiger partial charge in [-0.15, -0.1) is 0 Å². The third-order valence-electron chi connectivity index (χ3n) is 14.4. The van der Waals surface area contributed by atoms with Crippen LogP contribution in [0.15, 0.2) is 78.1 Å². The number of H-pyrrole nitrogens is 1. The van der Waals surface area contributed by atoms with E-state index >= 15 is 0 Å². The van der Waals surface area contributed by atoms with Crippen LogP contribution >= 0.6 is 0 Å². The summed E-state index contributed by atoms with van der Waals surface area (Å²) in [6.45, 7) is 8.85. The average molecular weight is 905 g/mol. The number of aromatic amines is 1. The predicted octanol–water partition coefficient (Wildman–Crippen LogP) is 8.48. The van der Waals surface area contributed by atoms with Crippen LogP contribution < -0.4 is 24.4 Å². The maximum atomic E-state index is 14.1. The summed E-state index contributed by atoms with van der Waals surface area (Å²) < 4.78 is 47.5. The Labute approximate surface area is 378 Å². The summed E-state index contributed by atoms with van der Waals surface area (Å²) in [5.41, 5.74) is 4.19. The number of piperidine rings is 1. The minimum absolute atomic E-state index is 0.00658. The fourth-order valence-corrected chi connectivity index (χ4v) is 11.9. The van der Waals surface area contributed by atoms with Gasteiger partial charge in [0.05, 0.1) is 28.8 Å². The first kappa shape index (κ1) is 43.1. The van der Waals surface area contributed by atoms with Crippen molar-refractivity contribution in [2.75, 3.05) is 49.7 Å². The number of nitro groups is 1. The van der Waals surface area contributed by atoms with Gasteiger partial charge >= 0.3 is 5.69 Å². The van der Waals surface area contributed by atoms with Gasteiger partial charge in [0.1, 0.15) is 23.8 Å². The maximum Gasteiger partial charge on any atom is 0.300 e. The Bertz CT molecular complexity index is 2700. The van der Waals surface area contributed by atoms with E-state index in [4.69, 9.17) is 14.2 Å². The SMILES string of the molecule is CC(C)c1ccccc1[C@H]1CCCN1C1CC2(CCN(c3ccc(C(=O)NS(=O)(=O)c4cc([N+](=O)[O-])c5c(n4)OC[C@H](CC4CCOCC4)N5)c(Oc4cnc5[nH]ccc5c4)c3)CC2)C1. The van der Waals surface area contributed by atoms with E-state index in [1.807, 2.05) is 12.1 Å². The Morgan fingerprint density at radius 3 is 2.63 bits per heavy atom. The first-order valence-electron chi connectivity index (χ1n) is 23.0. The maximum absolute atomic E-state index is 14.1. The molecule has 0 unspecified atom stereocenters. The van der Waals surface area contributed by atoms with Crippen LogP contribution in [0, 0.1) is 21.4 Å². The normalized spacial score (nSPS) is 21.4. The number of benzene rings is 2. The molecule has 1 spiro atoms. The summed E-state index contributed by atoms with van der Waals surface area (Å²) in [6, 6.07) is 19.4. The van der Waals surface area contributed by atoms with Crippen LogP contribution in [0.3, 0.4) is 0 Å². The summed E-state index contributed by atoms with van der Waals surface area (Å²) in [5, 5.41) is 15.5. The molecule has 1 aliphatic carbocycles.